The molecule has 1 heterocycles. The lowest BCUT2D eigenvalue weighted by Crippen LogP contribution is -2.51. The molecule has 1 aliphatic heterocycles. The highest BCUT2D eigenvalue weighted by atomic mass is 35.5. The second kappa shape index (κ2) is 15.2. The Kier molecular flexibility index (Phi) is 10.2. The second-order valence-corrected chi connectivity index (χ2v) is 13.4. The summed E-state index contributed by atoms with van der Waals surface area (Å²) in [4.78, 5) is 43.5. The lowest BCUT2D eigenvalue weighted by Gasteiger charge is -2.36. The van der Waals surface area contributed by atoms with Gasteiger partial charge in [-0.05, 0) is 47.6 Å². The monoisotopic (exact) mass is 698 g/mol. The van der Waals surface area contributed by atoms with Gasteiger partial charge < -0.3 is 19.7 Å². The molecule has 1 saturated heterocycles. The summed E-state index contributed by atoms with van der Waals surface area (Å²) in [6.07, 6.45) is 1.54. The third-order valence-corrected chi connectivity index (χ3v) is 10.2. The summed E-state index contributed by atoms with van der Waals surface area (Å²) in [7, 11) is 0. The third kappa shape index (κ3) is 6.99. The van der Waals surface area contributed by atoms with Crippen LogP contribution in [0.3, 0.4) is 0 Å². The highest BCUT2D eigenvalue weighted by Crippen LogP contribution is 2.45. The van der Waals surface area contributed by atoms with E-state index in [1.54, 1.807) is 11.0 Å². The molecule has 1 fully saturated rings. The average molecular weight is 699 g/mol. The summed E-state index contributed by atoms with van der Waals surface area (Å²) in [6, 6.07) is 41.0. The molecule has 51 heavy (non-hydrogen) atoms. The quantitative estimate of drug-likeness (QED) is 0.117. The number of hydrogen-bond donors (Lipinski definition) is 1. The first kappa shape index (κ1) is 34.1. The van der Waals surface area contributed by atoms with E-state index in [1.165, 1.54) is 0 Å². The van der Waals surface area contributed by atoms with Crippen molar-refractivity contribution in [3.8, 4) is 11.1 Å². The Balaban J connectivity index is 1.16. The first-order chi connectivity index (χ1) is 25.0. The smallest absolute Gasteiger partial charge is 0.407 e. The number of carbonyl (C=O) groups excluding carboxylic acids is 3. The third-order valence-electron chi connectivity index (χ3n) is 9.85. The highest BCUT2D eigenvalue weighted by Gasteiger charge is 2.43. The molecule has 0 bridgehead atoms. The normalized spacial score (nSPS) is 14.6. The lowest BCUT2D eigenvalue weighted by molar-refractivity contribution is -0.156. The van der Waals surface area contributed by atoms with Gasteiger partial charge in [-0.3, -0.25) is 9.59 Å². The van der Waals surface area contributed by atoms with Crippen LogP contribution in [-0.4, -0.2) is 48.6 Å². The fraction of sp³-hybridized carbons (Fsp3) is 0.233. The number of alkyl carbamates (subject to hydrolysis) is 1. The molecule has 7 nitrogen and oxygen atoms in total. The number of halogens is 1. The Hall–Kier alpha value is -5.40. The van der Waals surface area contributed by atoms with Crippen LogP contribution in [0, 0.1) is 0 Å². The van der Waals surface area contributed by atoms with Crippen molar-refractivity contribution in [1.82, 2.24) is 10.2 Å². The fourth-order valence-corrected chi connectivity index (χ4v) is 7.71. The van der Waals surface area contributed by atoms with E-state index in [9.17, 15) is 14.4 Å². The molecular weight excluding hydrogens is 660 g/mol. The first-order valence-corrected chi connectivity index (χ1v) is 17.8. The van der Waals surface area contributed by atoms with Crippen LogP contribution in [0.15, 0.2) is 133 Å². The fourth-order valence-electron chi connectivity index (χ4n) is 7.44. The number of nitrogens with zero attached hydrogens (tertiary/aromatic N) is 1. The SMILES string of the molecule is O=C(C[C@H](NC(=O)OCC1c2ccccc2-c2ccccc21)C(=O)N1CCCCC1)OC(c1ccccc1)(c1ccccc1)c1ccccc1Cl. The molecule has 1 N–H and O–H groups in total. The second-order valence-electron chi connectivity index (χ2n) is 13.0. The molecule has 2 amide bonds. The summed E-state index contributed by atoms with van der Waals surface area (Å²) < 4.78 is 12.4. The summed E-state index contributed by atoms with van der Waals surface area (Å²) >= 11 is 6.84. The van der Waals surface area contributed by atoms with Gasteiger partial charge in [-0.15, -0.1) is 0 Å². The van der Waals surface area contributed by atoms with Crippen LogP contribution in [-0.2, 0) is 24.7 Å². The van der Waals surface area contributed by atoms with Crippen LogP contribution in [0.5, 0.6) is 0 Å². The van der Waals surface area contributed by atoms with Crippen molar-refractivity contribution < 1.29 is 23.9 Å². The minimum atomic E-state index is -1.44. The van der Waals surface area contributed by atoms with E-state index in [4.69, 9.17) is 21.1 Å². The predicted molar refractivity (Wildman–Crippen MR) is 197 cm³/mol. The number of benzene rings is 5. The summed E-state index contributed by atoms with van der Waals surface area (Å²) in [5.41, 5.74) is 4.87. The number of fused-ring (bicyclic) bond motifs is 3. The van der Waals surface area contributed by atoms with Gasteiger partial charge in [-0.25, -0.2) is 4.79 Å². The number of carbonyl (C=O) groups is 3. The van der Waals surface area contributed by atoms with Gasteiger partial charge in [-0.2, -0.15) is 0 Å². The van der Waals surface area contributed by atoms with Crippen LogP contribution in [0.25, 0.3) is 11.1 Å². The van der Waals surface area contributed by atoms with Crippen molar-refractivity contribution in [3.05, 3.63) is 166 Å². The molecule has 2 aliphatic rings. The molecular formula is C43H39ClN2O5. The molecule has 0 aromatic heterocycles. The van der Waals surface area contributed by atoms with Gasteiger partial charge in [0.15, 0.2) is 5.60 Å². The van der Waals surface area contributed by atoms with E-state index in [2.05, 4.69) is 17.4 Å². The molecule has 7 rings (SSSR count). The number of hydrogen-bond acceptors (Lipinski definition) is 5. The molecule has 258 valence electrons. The molecule has 0 spiro atoms. The van der Waals surface area contributed by atoms with Crippen molar-refractivity contribution >= 4 is 29.6 Å². The lowest BCUT2D eigenvalue weighted by atomic mass is 9.80. The van der Waals surface area contributed by atoms with Crippen molar-refractivity contribution in [2.24, 2.45) is 0 Å². The van der Waals surface area contributed by atoms with Crippen molar-refractivity contribution in [2.45, 2.75) is 43.2 Å². The number of rotatable bonds is 10. The number of amides is 2. The maximum atomic E-state index is 14.3. The standard InChI is InChI=1S/C43H39ClN2O5/c44-38-25-13-12-24-37(38)43(30-16-4-1-5-17-30,31-18-6-2-7-19-31)51-40(47)28-39(41(48)46-26-14-3-15-27-46)45-42(49)50-29-36-34-22-10-8-20-32(34)33-21-9-11-23-35(33)36/h1-2,4-13,16-25,36,39H,3,14-15,26-29H2,(H,45,49)/t39-/m0/s1. The van der Waals surface area contributed by atoms with Gasteiger partial charge in [0, 0.05) is 40.7 Å². The topological polar surface area (TPSA) is 84.9 Å². The average Bonchev–Trinajstić information content (AvgIpc) is 3.50. The maximum Gasteiger partial charge on any atom is 0.407 e. The van der Waals surface area contributed by atoms with E-state index >= 15 is 0 Å². The molecule has 1 aliphatic carbocycles. The molecule has 1 atom stereocenters. The van der Waals surface area contributed by atoms with Crippen LogP contribution in [0.1, 0.15) is 59.4 Å². The first-order valence-electron chi connectivity index (χ1n) is 17.4. The predicted octanol–water partition coefficient (Wildman–Crippen LogP) is 8.49. The molecule has 0 saturated carbocycles. The zero-order valence-corrected chi connectivity index (χ0v) is 28.9. The van der Waals surface area contributed by atoms with Crippen LogP contribution >= 0.6 is 11.6 Å². The Labute approximate surface area is 303 Å². The largest absolute Gasteiger partial charge is 0.449 e. The molecule has 0 radical (unpaired) electrons. The Morgan fingerprint density at radius 3 is 1.82 bits per heavy atom. The van der Waals surface area contributed by atoms with Gasteiger partial charge in [0.25, 0.3) is 0 Å². The minimum absolute atomic E-state index is 0.0760. The number of likely N-dealkylation sites (tertiary alicyclic amines) is 1. The van der Waals surface area contributed by atoms with Gasteiger partial charge >= 0.3 is 12.1 Å². The van der Waals surface area contributed by atoms with Crippen molar-refractivity contribution in [3.63, 3.8) is 0 Å². The number of esters is 1. The molecule has 8 heteroatoms. The van der Waals surface area contributed by atoms with E-state index in [0.29, 0.717) is 34.8 Å². The Morgan fingerprint density at radius 1 is 0.706 bits per heavy atom. The van der Waals surface area contributed by atoms with E-state index in [-0.39, 0.29) is 18.4 Å². The Morgan fingerprint density at radius 2 is 1.24 bits per heavy atom. The van der Waals surface area contributed by atoms with Crippen LogP contribution < -0.4 is 5.32 Å². The van der Waals surface area contributed by atoms with E-state index in [0.717, 1.165) is 41.5 Å². The van der Waals surface area contributed by atoms with Gasteiger partial charge in [0.2, 0.25) is 5.91 Å². The molecule has 5 aromatic carbocycles. The van der Waals surface area contributed by atoms with Crippen LogP contribution in [0.2, 0.25) is 5.02 Å². The van der Waals surface area contributed by atoms with Crippen LogP contribution in [0.4, 0.5) is 4.79 Å². The summed E-state index contributed by atoms with van der Waals surface area (Å²) in [5.74, 6) is -1.18. The van der Waals surface area contributed by atoms with Crippen molar-refractivity contribution in [1.29, 1.82) is 0 Å². The number of ether oxygens (including phenoxy) is 2. The molecule has 5 aromatic rings. The number of piperidine rings is 1. The van der Waals surface area contributed by atoms with Crippen molar-refractivity contribution in [2.75, 3.05) is 19.7 Å². The Bertz CT molecular complexity index is 1930. The summed E-state index contributed by atoms with van der Waals surface area (Å²) in [5, 5.41) is 3.17. The maximum absolute atomic E-state index is 14.3. The van der Waals surface area contributed by atoms with E-state index < -0.39 is 30.1 Å². The summed E-state index contributed by atoms with van der Waals surface area (Å²) in [6.45, 7) is 1.18. The van der Waals surface area contributed by atoms with Gasteiger partial charge in [0.05, 0.1) is 6.42 Å². The zero-order chi connectivity index (χ0) is 35.2. The van der Waals surface area contributed by atoms with E-state index in [1.807, 2.05) is 115 Å². The van der Waals surface area contributed by atoms with Gasteiger partial charge in [-0.1, -0.05) is 139 Å². The molecule has 0 unspecified atom stereocenters. The highest BCUT2D eigenvalue weighted by molar-refractivity contribution is 6.31. The number of nitrogens with one attached hydrogen (secondary N) is 1. The minimum Gasteiger partial charge on any atom is -0.449 e. The zero-order valence-electron chi connectivity index (χ0n) is 28.2. The van der Waals surface area contributed by atoms with Gasteiger partial charge in [0.1, 0.15) is 12.6 Å².